The summed E-state index contributed by atoms with van der Waals surface area (Å²) in [5, 5.41) is 6.72. The summed E-state index contributed by atoms with van der Waals surface area (Å²) in [6.07, 6.45) is 1.92. The van der Waals surface area contributed by atoms with Crippen LogP contribution in [-0.2, 0) is 0 Å². The van der Waals surface area contributed by atoms with Crippen LogP contribution in [0, 0.1) is 6.92 Å². The van der Waals surface area contributed by atoms with E-state index in [1.54, 1.807) is 0 Å². The Labute approximate surface area is 119 Å². The predicted molar refractivity (Wildman–Crippen MR) is 88.1 cm³/mol. The van der Waals surface area contributed by atoms with E-state index in [2.05, 4.69) is 54.4 Å². The van der Waals surface area contributed by atoms with Crippen LogP contribution in [0.5, 0.6) is 0 Å². The molecule has 5 rings (SSSR count). The molecule has 0 aliphatic rings. The minimum atomic E-state index is 1.13. The maximum absolute atomic E-state index is 4.68. The van der Waals surface area contributed by atoms with Crippen LogP contribution in [0.1, 0.15) is 5.56 Å². The third-order valence-electron chi connectivity index (χ3n) is 4.21. The van der Waals surface area contributed by atoms with E-state index in [1.165, 1.54) is 41.9 Å². The van der Waals surface area contributed by atoms with Gasteiger partial charge in [0, 0.05) is 37.1 Å². The van der Waals surface area contributed by atoms with Gasteiger partial charge < -0.3 is 0 Å². The second kappa shape index (κ2) is 3.47. The third-order valence-corrected chi connectivity index (χ3v) is 5.33. The van der Waals surface area contributed by atoms with Crippen molar-refractivity contribution in [3.63, 3.8) is 0 Å². The lowest BCUT2D eigenvalue weighted by molar-refractivity contribution is 1.39. The Bertz CT molecular complexity index is 1100. The molecule has 0 aliphatic carbocycles. The summed E-state index contributed by atoms with van der Waals surface area (Å²) in [6, 6.07) is 15.3. The van der Waals surface area contributed by atoms with Crippen molar-refractivity contribution in [1.82, 2.24) is 4.98 Å². The minimum Gasteiger partial charge on any atom is -0.256 e. The van der Waals surface area contributed by atoms with Crippen molar-refractivity contribution in [1.29, 1.82) is 0 Å². The van der Waals surface area contributed by atoms with Gasteiger partial charge in [-0.25, -0.2) is 0 Å². The van der Waals surface area contributed by atoms with E-state index < -0.39 is 0 Å². The second-order valence-corrected chi connectivity index (χ2v) is 6.39. The molecule has 2 aromatic heterocycles. The number of aromatic nitrogens is 1. The molecule has 1 nitrogen and oxygen atoms in total. The number of thiophene rings is 1. The van der Waals surface area contributed by atoms with Crippen LogP contribution in [0.25, 0.3) is 41.8 Å². The Hall–Kier alpha value is -2.19. The van der Waals surface area contributed by atoms with Gasteiger partial charge in [0.2, 0.25) is 0 Å². The van der Waals surface area contributed by atoms with Crippen LogP contribution in [0.3, 0.4) is 0 Å². The smallest absolute Gasteiger partial charge is 0.0789 e. The molecule has 0 atom stereocenters. The van der Waals surface area contributed by atoms with E-state index >= 15 is 0 Å². The number of pyridine rings is 1. The molecule has 0 saturated heterocycles. The highest BCUT2D eigenvalue weighted by molar-refractivity contribution is 7.26. The molecule has 0 radical (unpaired) electrons. The first-order chi connectivity index (χ1) is 9.84. The van der Waals surface area contributed by atoms with E-state index in [1.807, 2.05) is 17.5 Å². The van der Waals surface area contributed by atoms with Crippen molar-refractivity contribution in [2.24, 2.45) is 0 Å². The molecule has 0 fully saturated rings. The SMILES string of the molecule is Cc1ccnc2c3cccc4sc5cccc(c12)c5c43. The van der Waals surface area contributed by atoms with Gasteiger partial charge in [-0.1, -0.05) is 24.3 Å². The first kappa shape index (κ1) is 10.6. The quantitative estimate of drug-likeness (QED) is 0.339. The van der Waals surface area contributed by atoms with Crippen LogP contribution >= 0.6 is 11.3 Å². The first-order valence-corrected chi connectivity index (χ1v) is 7.57. The number of aryl methyl sites for hydroxylation is 1. The van der Waals surface area contributed by atoms with Crippen molar-refractivity contribution in [3.05, 3.63) is 54.2 Å². The fourth-order valence-corrected chi connectivity index (χ4v) is 4.53. The highest BCUT2D eigenvalue weighted by Crippen LogP contribution is 2.44. The molecule has 0 amide bonds. The Balaban J connectivity index is 2.34. The molecule has 5 aromatic rings. The van der Waals surface area contributed by atoms with Gasteiger partial charge in [-0.15, -0.1) is 11.3 Å². The van der Waals surface area contributed by atoms with Gasteiger partial charge in [-0.2, -0.15) is 0 Å². The summed E-state index contributed by atoms with van der Waals surface area (Å²) in [4.78, 5) is 4.68. The van der Waals surface area contributed by atoms with Crippen LogP contribution < -0.4 is 0 Å². The standard InChI is InChI=1S/C18H11NS/c1-10-8-9-19-18-12-5-3-7-14-17(12)16-11(15(10)18)4-2-6-13(16)20-14/h2-9H,1H3. The maximum atomic E-state index is 4.68. The predicted octanol–water partition coefficient (Wildman–Crippen LogP) is 5.50. The van der Waals surface area contributed by atoms with Crippen molar-refractivity contribution >= 4 is 53.2 Å². The third kappa shape index (κ3) is 1.11. The summed E-state index contributed by atoms with van der Waals surface area (Å²) in [5.41, 5.74) is 2.44. The number of fused-ring (bicyclic) bond motifs is 3. The zero-order chi connectivity index (χ0) is 13.3. The Morgan fingerprint density at radius 3 is 2.30 bits per heavy atom. The topological polar surface area (TPSA) is 12.9 Å². The minimum absolute atomic E-state index is 1.13. The van der Waals surface area contributed by atoms with Gasteiger partial charge in [0.05, 0.1) is 5.52 Å². The van der Waals surface area contributed by atoms with Crippen molar-refractivity contribution < 1.29 is 0 Å². The summed E-state index contributed by atoms with van der Waals surface area (Å²) < 4.78 is 2.73. The summed E-state index contributed by atoms with van der Waals surface area (Å²) in [6.45, 7) is 2.18. The van der Waals surface area contributed by atoms with Crippen molar-refractivity contribution in [3.8, 4) is 0 Å². The molecular formula is C18H11NS. The lowest BCUT2D eigenvalue weighted by Gasteiger charge is -2.09. The first-order valence-electron chi connectivity index (χ1n) is 6.75. The molecule has 3 aromatic carbocycles. The second-order valence-electron chi connectivity index (χ2n) is 5.31. The molecule has 0 bridgehead atoms. The number of rotatable bonds is 0. The van der Waals surface area contributed by atoms with E-state index in [4.69, 9.17) is 0 Å². The molecule has 0 spiro atoms. The monoisotopic (exact) mass is 273 g/mol. The van der Waals surface area contributed by atoms with E-state index in [-0.39, 0.29) is 0 Å². The van der Waals surface area contributed by atoms with Crippen LogP contribution in [0.15, 0.2) is 48.7 Å². The zero-order valence-corrected chi connectivity index (χ0v) is 11.8. The summed E-state index contributed by atoms with van der Waals surface area (Å²) >= 11 is 1.88. The van der Waals surface area contributed by atoms with Crippen molar-refractivity contribution in [2.75, 3.05) is 0 Å². The normalized spacial score (nSPS) is 12.2. The molecule has 2 heterocycles. The van der Waals surface area contributed by atoms with E-state index in [0.717, 1.165) is 5.52 Å². The number of nitrogens with zero attached hydrogens (tertiary/aromatic N) is 1. The highest BCUT2D eigenvalue weighted by atomic mass is 32.1. The van der Waals surface area contributed by atoms with Gasteiger partial charge in [0.1, 0.15) is 0 Å². The van der Waals surface area contributed by atoms with E-state index in [0.29, 0.717) is 0 Å². The Morgan fingerprint density at radius 1 is 0.800 bits per heavy atom. The van der Waals surface area contributed by atoms with Gasteiger partial charge in [0.25, 0.3) is 0 Å². The summed E-state index contributed by atoms with van der Waals surface area (Å²) in [7, 11) is 0. The van der Waals surface area contributed by atoms with Crippen LogP contribution in [0.4, 0.5) is 0 Å². The lowest BCUT2D eigenvalue weighted by atomic mass is 9.95. The Kier molecular flexibility index (Phi) is 1.83. The number of hydrogen-bond donors (Lipinski definition) is 0. The average molecular weight is 273 g/mol. The molecule has 0 N–H and O–H groups in total. The van der Waals surface area contributed by atoms with Gasteiger partial charge >= 0.3 is 0 Å². The summed E-state index contributed by atoms with van der Waals surface area (Å²) in [5.74, 6) is 0. The molecule has 20 heavy (non-hydrogen) atoms. The average Bonchev–Trinajstić information content (AvgIpc) is 2.85. The molecule has 94 valence electrons. The zero-order valence-electron chi connectivity index (χ0n) is 11.0. The molecule has 0 aliphatic heterocycles. The molecule has 0 saturated carbocycles. The van der Waals surface area contributed by atoms with Gasteiger partial charge in [-0.05, 0) is 36.1 Å². The number of benzene rings is 3. The van der Waals surface area contributed by atoms with Crippen LogP contribution in [-0.4, -0.2) is 4.98 Å². The maximum Gasteiger partial charge on any atom is 0.0789 e. The van der Waals surface area contributed by atoms with Gasteiger partial charge in [0.15, 0.2) is 0 Å². The van der Waals surface area contributed by atoms with Gasteiger partial charge in [-0.3, -0.25) is 4.98 Å². The Morgan fingerprint density at radius 2 is 1.50 bits per heavy atom. The van der Waals surface area contributed by atoms with Crippen LogP contribution in [0.2, 0.25) is 0 Å². The molecule has 0 unspecified atom stereocenters. The lowest BCUT2D eigenvalue weighted by Crippen LogP contribution is -1.87. The largest absolute Gasteiger partial charge is 0.256 e. The fourth-order valence-electron chi connectivity index (χ4n) is 3.37. The number of hydrogen-bond acceptors (Lipinski definition) is 2. The van der Waals surface area contributed by atoms with Crippen molar-refractivity contribution in [2.45, 2.75) is 6.92 Å². The molecular weight excluding hydrogens is 262 g/mol. The highest BCUT2D eigenvalue weighted by Gasteiger charge is 2.16. The fraction of sp³-hybridized carbons (Fsp3) is 0.0556. The van der Waals surface area contributed by atoms with E-state index in [9.17, 15) is 0 Å². The molecule has 2 heteroatoms.